The molecule has 0 aliphatic rings. The first kappa shape index (κ1) is 9.77. The van der Waals surface area contributed by atoms with Gasteiger partial charge in [0.15, 0.2) is 5.65 Å². The predicted octanol–water partition coefficient (Wildman–Crippen LogP) is 1.68. The van der Waals surface area contributed by atoms with Crippen molar-refractivity contribution in [1.29, 1.82) is 0 Å². The Bertz CT molecular complexity index is 686. The highest BCUT2D eigenvalue weighted by molar-refractivity contribution is 5.77. The summed E-state index contributed by atoms with van der Waals surface area (Å²) >= 11 is 0. The van der Waals surface area contributed by atoms with Crippen molar-refractivity contribution in [3.05, 3.63) is 42.5 Å². The highest BCUT2D eigenvalue weighted by Gasteiger charge is 2.08. The number of aryl methyl sites for hydroxylation is 1. The summed E-state index contributed by atoms with van der Waals surface area (Å²) in [5, 5.41) is 4.28. The van der Waals surface area contributed by atoms with E-state index in [2.05, 4.69) is 15.1 Å². The summed E-state index contributed by atoms with van der Waals surface area (Å²) in [5.41, 5.74) is 9.50. The summed E-state index contributed by atoms with van der Waals surface area (Å²) in [6, 6.07) is 3.72. The molecule has 0 aliphatic carbocycles. The number of hydrogen-bond acceptors (Lipinski definition) is 4. The highest BCUT2D eigenvalue weighted by Crippen LogP contribution is 2.23. The lowest BCUT2D eigenvalue weighted by atomic mass is 10.1. The average molecular weight is 225 g/mol. The maximum Gasteiger partial charge on any atom is 0.162 e. The Hall–Kier alpha value is -2.43. The second-order valence-electron chi connectivity index (χ2n) is 3.93. The lowest BCUT2D eigenvalue weighted by Gasteiger charge is -2.00. The molecule has 3 heterocycles. The zero-order valence-corrected chi connectivity index (χ0v) is 9.33. The van der Waals surface area contributed by atoms with Gasteiger partial charge in [-0.15, -0.1) is 0 Å². The fraction of sp³-hybridized carbons (Fsp3) is 0.0833. The molecule has 17 heavy (non-hydrogen) atoms. The van der Waals surface area contributed by atoms with Crippen LogP contribution in [0.4, 0.5) is 5.82 Å². The van der Waals surface area contributed by atoms with E-state index in [1.165, 1.54) is 0 Å². The Kier molecular flexibility index (Phi) is 2.04. The van der Waals surface area contributed by atoms with Gasteiger partial charge in [0.2, 0.25) is 0 Å². The molecule has 0 fully saturated rings. The summed E-state index contributed by atoms with van der Waals surface area (Å²) in [4.78, 5) is 8.36. The molecule has 2 N–H and O–H groups in total. The van der Waals surface area contributed by atoms with Crippen molar-refractivity contribution in [2.24, 2.45) is 0 Å². The molecule has 0 radical (unpaired) electrons. The Balaban J connectivity index is 2.24. The number of fused-ring (bicyclic) bond motifs is 1. The zero-order chi connectivity index (χ0) is 11.8. The van der Waals surface area contributed by atoms with Gasteiger partial charge in [-0.05, 0) is 30.2 Å². The average Bonchev–Trinajstić information content (AvgIpc) is 2.71. The van der Waals surface area contributed by atoms with Crippen LogP contribution in [-0.4, -0.2) is 19.6 Å². The number of aromatic nitrogens is 4. The molecule has 0 bridgehead atoms. The molecule has 0 unspecified atom stereocenters. The van der Waals surface area contributed by atoms with E-state index in [0.717, 1.165) is 22.3 Å². The zero-order valence-electron chi connectivity index (χ0n) is 9.33. The van der Waals surface area contributed by atoms with Crippen LogP contribution in [0.1, 0.15) is 5.56 Å². The fourth-order valence-corrected chi connectivity index (χ4v) is 1.79. The minimum Gasteiger partial charge on any atom is -0.384 e. The molecular weight excluding hydrogens is 214 g/mol. The molecule has 0 saturated heterocycles. The molecule has 5 nitrogen and oxygen atoms in total. The molecule has 84 valence electrons. The normalized spacial score (nSPS) is 10.9. The largest absolute Gasteiger partial charge is 0.384 e. The molecule has 0 aliphatic heterocycles. The van der Waals surface area contributed by atoms with Gasteiger partial charge in [0, 0.05) is 24.2 Å². The van der Waals surface area contributed by atoms with Crippen molar-refractivity contribution in [3.63, 3.8) is 0 Å². The van der Waals surface area contributed by atoms with Gasteiger partial charge < -0.3 is 5.73 Å². The van der Waals surface area contributed by atoms with Crippen molar-refractivity contribution in [3.8, 4) is 11.1 Å². The molecule has 3 rings (SSSR count). The Morgan fingerprint density at radius 2 is 2.12 bits per heavy atom. The van der Waals surface area contributed by atoms with Gasteiger partial charge in [-0.25, -0.2) is 14.5 Å². The Labute approximate surface area is 97.9 Å². The first-order valence-corrected chi connectivity index (χ1v) is 5.26. The van der Waals surface area contributed by atoms with E-state index in [4.69, 9.17) is 5.73 Å². The molecule has 0 saturated carbocycles. The van der Waals surface area contributed by atoms with E-state index in [9.17, 15) is 0 Å². The second kappa shape index (κ2) is 3.55. The van der Waals surface area contributed by atoms with Crippen molar-refractivity contribution < 1.29 is 0 Å². The van der Waals surface area contributed by atoms with E-state index in [1.807, 2.05) is 31.5 Å². The third kappa shape index (κ3) is 1.61. The van der Waals surface area contributed by atoms with Crippen molar-refractivity contribution >= 4 is 11.5 Å². The summed E-state index contributed by atoms with van der Waals surface area (Å²) in [5.74, 6) is 0.494. The predicted molar refractivity (Wildman–Crippen MR) is 65.4 cm³/mol. The summed E-state index contributed by atoms with van der Waals surface area (Å²) in [6.45, 7) is 1.98. The smallest absolute Gasteiger partial charge is 0.162 e. The number of hydrogen-bond donors (Lipinski definition) is 1. The van der Waals surface area contributed by atoms with Crippen LogP contribution in [0.15, 0.2) is 36.9 Å². The van der Waals surface area contributed by atoms with Crippen molar-refractivity contribution in [2.75, 3.05) is 5.73 Å². The number of pyridine rings is 1. The summed E-state index contributed by atoms with van der Waals surface area (Å²) < 4.78 is 1.77. The van der Waals surface area contributed by atoms with Crippen LogP contribution in [0.5, 0.6) is 0 Å². The van der Waals surface area contributed by atoms with Gasteiger partial charge >= 0.3 is 0 Å². The monoisotopic (exact) mass is 225 g/mol. The SMILES string of the molecule is Cc1cnc2c(-c3ccnc(N)c3)cnn2c1. The van der Waals surface area contributed by atoms with Gasteiger partial charge in [-0.1, -0.05) is 0 Å². The Morgan fingerprint density at radius 3 is 2.94 bits per heavy atom. The molecular formula is C12H11N5. The van der Waals surface area contributed by atoms with Crippen LogP contribution in [0.2, 0.25) is 0 Å². The first-order valence-electron chi connectivity index (χ1n) is 5.26. The first-order chi connectivity index (χ1) is 8.24. The number of nitrogen functional groups attached to an aromatic ring is 1. The fourth-order valence-electron chi connectivity index (χ4n) is 1.79. The molecule has 3 aromatic rings. The number of nitrogens with zero attached hydrogens (tertiary/aromatic N) is 4. The van der Waals surface area contributed by atoms with E-state index in [0.29, 0.717) is 5.82 Å². The van der Waals surface area contributed by atoms with Crippen LogP contribution in [0.3, 0.4) is 0 Å². The lowest BCUT2D eigenvalue weighted by molar-refractivity contribution is 0.928. The van der Waals surface area contributed by atoms with Crippen LogP contribution in [0.25, 0.3) is 16.8 Å². The van der Waals surface area contributed by atoms with E-state index < -0.39 is 0 Å². The number of anilines is 1. The summed E-state index contributed by atoms with van der Waals surface area (Å²) in [7, 11) is 0. The van der Waals surface area contributed by atoms with E-state index in [-0.39, 0.29) is 0 Å². The third-order valence-corrected chi connectivity index (χ3v) is 2.58. The molecule has 0 amide bonds. The highest BCUT2D eigenvalue weighted by atomic mass is 15.2. The van der Waals surface area contributed by atoms with Gasteiger partial charge in [0.1, 0.15) is 5.82 Å². The molecule has 0 spiro atoms. The van der Waals surface area contributed by atoms with Crippen LogP contribution in [0, 0.1) is 6.92 Å². The van der Waals surface area contributed by atoms with Crippen LogP contribution in [-0.2, 0) is 0 Å². The third-order valence-electron chi connectivity index (χ3n) is 2.58. The van der Waals surface area contributed by atoms with Gasteiger partial charge in [0.25, 0.3) is 0 Å². The standard InChI is InChI=1S/C12H11N5/c1-8-5-15-12-10(6-16-17(12)7-8)9-2-3-14-11(13)4-9/h2-7H,1H3,(H2,13,14). The second-order valence-corrected chi connectivity index (χ2v) is 3.93. The molecule has 0 atom stereocenters. The molecule has 5 heteroatoms. The topological polar surface area (TPSA) is 69.1 Å². The van der Waals surface area contributed by atoms with Crippen LogP contribution < -0.4 is 5.73 Å². The van der Waals surface area contributed by atoms with Gasteiger partial charge in [-0.3, -0.25) is 0 Å². The minimum atomic E-state index is 0.494. The van der Waals surface area contributed by atoms with Crippen molar-refractivity contribution in [2.45, 2.75) is 6.92 Å². The maximum absolute atomic E-state index is 5.67. The molecule has 3 aromatic heterocycles. The number of rotatable bonds is 1. The van der Waals surface area contributed by atoms with E-state index in [1.54, 1.807) is 16.9 Å². The van der Waals surface area contributed by atoms with E-state index >= 15 is 0 Å². The van der Waals surface area contributed by atoms with Crippen molar-refractivity contribution in [1.82, 2.24) is 19.6 Å². The Morgan fingerprint density at radius 1 is 1.24 bits per heavy atom. The quantitative estimate of drug-likeness (QED) is 0.684. The minimum absolute atomic E-state index is 0.494. The molecule has 0 aromatic carbocycles. The lowest BCUT2D eigenvalue weighted by Crippen LogP contribution is -1.92. The van der Waals surface area contributed by atoms with Crippen LogP contribution >= 0.6 is 0 Å². The summed E-state index contributed by atoms with van der Waals surface area (Å²) in [6.07, 6.45) is 7.24. The maximum atomic E-state index is 5.67. The van der Waals surface area contributed by atoms with Gasteiger partial charge in [-0.2, -0.15) is 5.10 Å². The number of nitrogens with two attached hydrogens (primary N) is 1. The van der Waals surface area contributed by atoms with Gasteiger partial charge in [0.05, 0.1) is 6.20 Å².